The zero-order chi connectivity index (χ0) is 92.7. The van der Waals surface area contributed by atoms with Gasteiger partial charge in [-0.1, -0.05) is 93.2 Å². The van der Waals surface area contributed by atoms with Gasteiger partial charge in [-0.05, 0) is 221 Å². The highest BCUT2D eigenvalue weighted by Crippen LogP contribution is 2.40. The van der Waals surface area contributed by atoms with Crippen molar-refractivity contribution in [2.24, 2.45) is 0 Å². The van der Waals surface area contributed by atoms with E-state index < -0.39 is 0 Å². The van der Waals surface area contributed by atoms with Crippen LogP contribution in [0, 0.1) is 0 Å². The number of benzene rings is 9. The van der Waals surface area contributed by atoms with Crippen molar-refractivity contribution < 1.29 is 28.4 Å². The van der Waals surface area contributed by atoms with Crippen LogP contribution in [-0.4, -0.2) is 167 Å². The zero-order valence-electron chi connectivity index (χ0n) is 76.9. The molecule has 15 aromatic rings. The molecule has 0 atom stereocenters. The third-order valence-electron chi connectivity index (χ3n) is 23.9. The van der Waals surface area contributed by atoms with Gasteiger partial charge in [0.1, 0.15) is 34.5 Å². The maximum absolute atomic E-state index is 6.31. The fourth-order valence-corrected chi connectivity index (χ4v) is 17.4. The zero-order valence-corrected chi connectivity index (χ0v) is 79.2. The average Bonchev–Trinajstić information content (AvgIpc) is 0.772. The Morgan fingerprint density at radius 2 is 0.649 bits per heavy atom. The number of hydrogen-bond donors (Lipinski definition) is 11. The topological polar surface area (TPSA) is 346 Å². The molecule has 3 aliphatic rings. The third kappa shape index (κ3) is 24.6. The molecular weight excluding hydrogens is 1750 g/mol. The Morgan fingerprint density at radius 1 is 0.284 bits per heavy atom. The minimum absolute atomic E-state index is 0.333. The summed E-state index contributed by atoms with van der Waals surface area (Å²) >= 11 is 18.9. The highest BCUT2D eigenvalue weighted by atomic mass is 35.5. The van der Waals surface area contributed by atoms with Gasteiger partial charge in [-0.3, -0.25) is 0 Å². The van der Waals surface area contributed by atoms with Crippen molar-refractivity contribution in [3.8, 4) is 34.5 Å². The predicted octanol–water partition coefficient (Wildman–Crippen LogP) is 22.9. The summed E-state index contributed by atoms with van der Waals surface area (Å²) in [5.41, 5.74) is 13.2. The lowest BCUT2D eigenvalue weighted by molar-refractivity contribution is 0.395. The number of fused-ring (bicyclic) bond motifs is 6. The Labute approximate surface area is 795 Å². The molecule has 2 aliphatic carbocycles. The molecule has 0 amide bonds. The smallest absolute Gasteiger partial charge is 0.233 e. The lowest BCUT2D eigenvalue weighted by Crippen LogP contribution is -2.31. The van der Waals surface area contributed by atoms with Gasteiger partial charge in [-0.2, -0.15) is 44.9 Å². The molecule has 18 rings (SSSR count). The first kappa shape index (κ1) is 93.5. The number of ether oxygens (including phenoxy) is 6. The Bertz CT molecular complexity index is 6510. The SMILES string of the molecule is CCc1cc(Nc2nc(NCCCNc3c4ccc(Cl)cc4nc4ccc(OC)cc34)nc(NC3CCCCC3)n2)cc(OC)c1.CCc1ccc2nc3cc(Cl)ccc3c(NCCCNc3nc(Nc4ccc(OC)cc4)nc(N4CCCCC4)n3)c2c1.COc1cc(Nc2nc(NCCNc3c4ccc(Cl)cc4nc4ccc(OC)cc34)nc(NC3CCCCC3)n2)cc(OC)c1. The summed E-state index contributed by atoms with van der Waals surface area (Å²) in [5, 5.41) is 46.4. The highest BCUT2D eigenvalue weighted by Gasteiger charge is 2.23. The van der Waals surface area contributed by atoms with E-state index in [1.807, 2.05) is 146 Å². The van der Waals surface area contributed by atoms with Crippen LogP contribution in [0.1, 0.15) is 121 Å². The first-order chi connectivity index (χ1) is 65.6. The van der Waals surface area contributed by atoms with E-state index in [9.17, 15) is 0 Å². The minimum atomic E-state index is 0.333. The number of rotatable bonds is 36. The van der Waals surface area contributed by atoms with Gasteiger partial charge in [-0.15, -0.1) is 0 Å². The second-order valence-corrected chi connectivity index (χ2v) is 34.5. The van der Waals surface area contributed by atoms with Gasteiger partial charge in [0.2, 0.25) is 53.5 Å². The molecule has 1 aliphatic heterocycles. The van der Waals surface area contributed by atoms with Gasteiger partial charge >= 0.3 is 0 Å². The number of piperidine rings is 1. The van der Waals surface area contributed by atoms with E-state index in [4.69, 9.17) is 113 Å². The van der Waals surface area contributed by atoms with E-state index in [0.29, 0.717) is 125 Å². The highest BCUT2D eigenvalue weighted by molar-refractivity contribution is 6.32. The van der Waals surface area contributed by atoms with Gasteiger partial charge < -0.3 is 91.8 Å². The molecule has 6 aromatic heterocycles. The van der Waals surface area contributed by atoms with Crippen molar-refractivity contribution >= 4 is 188 Å². The molecular formula is C101H115Cl3N24O6. The summed E-state index contributed by atoms with van der Waals surface area (Å²) in [6, 6.07) is 55.7. The summed E-state index contributed by atoms with van der Waals surface area (Å²) in [4.78, 5) is 59.3. The van der Waals surface area contributed by atoms with Gasteiger partial charge in [0.05, 0.1) is 92.8 Å². The van der Waals surface area contributed by atoms with Crippen molar-refractivity contribution in [2.75, 3.05) is 158 Å². The fourth-order valence-electron chi connectivity index (χ4n) is 16.9. The maximum Gasteiger partial charge on any atom is 0.233 e. The van der Waals surface area contributed by atoms with Crippen LogP contribution in [0.5, 0.6) is 34.5 Å². The molecule has 134 heavy (non-hydrogen) atoms. The molecule has 9 aromatic carbocycles. The number of aromatic nitrogens is 12. The van der Waals surface area contributed by atoms with Crippen molar-refractivity contribution in [2.45, 2.75) is 135 Å². The minimum Gasteiger partial charge on any atom is -0.497 e. The molecule has 2 saturated carbocycles. The van der Waals surface area contributed by atoms with E-state index >= 15 is 0 Å². The second-order valence-electron chi connectivity index (χ2n) is 33.2. The fraction of sp³-hybridized carbons (Fsp3) is 0.347. The number of methoxy groups -OCH3 is 6. The van der Waals surface area contributed by atoms with Gasteiger partial charge in [0.15, 0.2) is 0 Å². The molecule has 696 valence electrons. The Balaban J connectivity index is 0.000000146. The molecule has 3 fully saturated rings. The average molecular weight is 1870 g/mol. The number of nitrogens with one attached hydrogen (secondary N) is 11. The Morgan fingerprint density at radius 3 is 1.12 bits per heavy atom. The lowest BCUT2D eigenvalue weighted by Gasteiger charge is -2.27. The van der Waals surface area contributed by atoms with Crippen molar-refractivity contribution in [3.05, 3.63) is 196 Å². The van der Waals surface area contributed by atoms with Crippen LogP contribution in [0.15, 0.2) is 170 Å². The summed E-state index contributed by atoms with van der Waals surface area (Å²) in [7, 11) is 9.90. The second kappa shape index (κ2) is 45.6. The summed E-state index contributed by atoms with van der Waals surface area (Å²) in [5.74, 6) is 9.20. The Hall–Kier alpha value is -13.7. The normalized spacial score (nSPS) is 13.4. The van der Waals surface area contributed by atoms with Crippen molar-refractivity contribution in [1.82, 2.24) is 59.8 Å². The van der Waals surface area contributed by atoms with E-state index in [1.165, 1.54) is 56.1 Å². The van der Waals surface area contributed by atoms with E-state index in [1.54, 1.807) is 42.7 Å². The molecule has 7 heterocycles. The summed E-state index contributed by atoms with van der Waals surface area (Å²) < 4.78 is 32.7. The molecule has 0 bridgehead atoms. The third-order valence-corrected chi connectivity index (χ3v) is 24.6. The first-order valence-electron chi connectivity index (χ1n) is 46.1. The van der Waals surface area contributed by atoms with E-state index in [0.717, 1.165) is 206 Å². The molecule has 0 spiro atoms. The van der Waals surface area contributed by atoms with Crippen molar-refractivity contribution in [3.63, 3.8) is 0 Å². The lowest BCUT2D eigenvalue weighted by atomic mass is 9.96. The molecule has 11 N–H and O–H groups in total. The van der Waals surface area contributed by atoms with Crippen LogP contribution >= 0.6 is 34.8 Å². The van der Waals surface area contributed by atoms with Gasteiger partial charge in [0.25, 0.3) is 0 Å². The molecule has 33 heteroatoms. The maximum atomic E-state index is 6.31. The number of anilines is 15. The largest absolute Gasteiger partial charge is 0.497 e. The van der Waals surface area contributed by atoms with Crippen molar-refractivity contribution in [1.29, 1.82) is 0 Å². The quantitative estimate of drug-likeness (QED) is 0.0128. The molecule has 30 nitrogen and oxygen atoms in total. The number of pyridine rings is 3. The van der Waals surface area contributed by atoms with Crippen LogP contribution in [0.2, 0.25) is 15.1 Å². The van der Waals surface area contributed by atoms with Crippen LogP contribution in [0.25, 0.3) is 65.4 Å². The standard InChI is InChI=1S/C35H41ClN8O2.C33H37ClN8O3.C33H37ClN8O/c1-4-22-17-25(20-27(18-22)46-3)40-35-43-33(42-34(44-35)39-24-9-6-5-7-10-24)38-16-8-15-37-32-28-13-11-23(36)19-31(28)41-30-14-12-26(45-2)21-29(30)32;1-43-23-10-12-28-27(19-23)30(26-11-9-20(34)15-29(26)39-28)35-13-14-36-31-40-32(37-21-7-5-4-6-8-21)42-33(41-31)38-22-16-24(44-2)18-25(17-22)45-3;1-3-22-8-15-28-27(20-22)30(26-14-9-23(34)21-29(26)38-28)35-16-7-17-36-31-39-32(37-24-10-12-25(43-2)13-11-24)41-33(40-31)42-18-5-4-6-19-42/h11-14,17-21,24H,4-10,15-16H2,1-3H3,(H,37,41)(H3,38,39,40,42,43,44);9-12,15-19,21H,4-8,13-14H2,1-3H3,(H,35,39)(H3,36,37,38,40,41,42);8-15,20-21H,3-7,16-19H2,1-2H3,(H,35,38)(H2,36,37,39,40,41). The van der Waals surface area contributed by atoms with Gasteiger partial charge in [-0.25, -0.2) is 15.0 Å². The predicted molar refractivity (Wildman–Crippen MR) is 547 cm³/mol. The molecule has 1 saturated heterocycles. The first-order valence-corrected chi connectivity index (χ1v) is 47.3. The summed E-state index contributed by atoms with van der Waals surface area (Å²) in [6.45, 7) is 10.2. The monoisotopic (exact) mass is 1860 g/mol. The summed E-state index contributed by atoms with van der Waals surface area (Å²) in [6.07, 6.45) is 18.9. The van der Waals surface area contributed by atoms with Crippen LogP contribution in [0.3, 0.4) is 0 Å². The van der Waals surface area contributed by atoms with E-state index in [-0.39, 0.29) is 0 Å². The number of aryl methyl sites for hydroxylation is 2. The Kier molecular flexibility index (Phi) is 31.8. The molecule has 0 radical (unpaired) electrons. The number of halogens is 3. The molecule has 0 unspecified atom stereocenters. The van der Waals surface area contributed by atoms with Crippen LogP contribution < -0.4 is 91.8 Å². The number of hydrogen-bond acceptors (Lipinski definition) is 30. The van der Waals surface area contributed by atoms with Gasteiger partial charge in [0, 0.05) is 153 Å². The van der Waals surface area contributed by atoms with Crippen LogP contribution in [0.4, 0.5) is 87.7 Å². The van der Waals surface area contributed by atoms with E-state index in [2.05, 4.69) is 111 Å². The van der Waals surface area contributed by atoms with Crippen LogP contribution in [-0.2, 0) is 12.8 Å². The number of nitrogens with zero attached hydrogens (tertiary/aromatic N) is 13.